The summed E-state index contributed by atoms with van der Waals surface area (Å²) >= 11 is 1.67. The highest BCUT2D eigenvalue weighted by Crippen LogP contribution is 2.26. The van der Waals surface area contributed by atoms with E-state index in [0.717, 1.165) is 24.1 Å². The quantitative estimate of drug-likeness (QED) is 0.822. The van der Waals surface area contributed by atoms with Crippen LogP contribution in [0.4, 0.5) is 14.5 Å². The molecule has 0 bridgehead atoms. The van der Waals surface area contributed by atoms with Crippen molar-refractivity contribution >= 4 is 22.9 Å². The van der Waals surface area contributed by atoms with Gasteiger partial charge >= 0.3 is 0 Å². The van der Waals surface area contributed by atoms with Crippen molar-refractivity contribution in [2.75, 3.05) is 12.3 Å². The average molecular weight is 294 g/mol. The second kappa shape index (κ2) is 4.86. The molecule has 3 rings (SSSR count). The highest BCUT2D eigenvalue weighted by molar-refractivity contribution is 7.10. The van der Waals surface area contributed by atoms with Gasteiger partial charge in [-0.05, 0) is 35.6 Å². The van der Waals surface area contributed by atoms with Crippen molar-refractivity contribution in [3.8, 4) is 0 Å². The molecule has 2 aromatic rings. The fraction of sp³-hybridized carbons (Fsp3) is 0.214. The van der Waals surface area contributed by atoms with E-state index < -0.39 is 17.3 Å². The summed E-state index contributed by atoms with van der Waals surface area (Å²) in [5, 5.41) is 1.99. The molecule has 1 aromatic carbocycles. The molecule has 104 valence electrons. The van der Waals surface area contributed by atoms with E-state index in [4.69, 9.17) is 5.73 Å². The summed E-state index contributed by atoms with van der Waals surface area (Å²) in [6, 6.07) is 3.96. The number of nitrogens with two attached hydrogens (primary N) is 1. The molecule has 0 unspecified atom stereocenters. The van der Waals surface area contributed by atoms with Crippen LogP contribution >= 0.6 is 11.3 Å². The number of fused-ring (bicyclic) bond motifs is 1. The van der Waals surface area contributed by atoms with Gasteiger partial charge in [0, 0.05) is 23.5 Å². The Kier molecular flexibility index (Phi) is 3.17. The molecule has 2 N–H and O–H groups in total. The van der Waals surface area contributed by atoms with E-state index in [0.29, 0.717) is 13.1 Å². The Labute approximate surface area is 118 Å². The van der Waals surface area contributed by atoms with Crippen molar-refractivity contribution in [2.24, 2.45) is 0 Å². The third-order valence-corrected chi connectivity index (χ3v) is 4.44. The van der Waals surface area contributed by atoms with Gasteiger partial charge < -0.3 is 10.6 Å². The summed E-state index contributed by atoms with van der Waals surface area (Å²) in [6.07, 6.45) is 0.776. The first-order valence-electron chi connectivity index (χ1n) is 6.15. The molecule has 0 aliphatic carbocycles. The number of hydrogen-bond acceptors (Lipinski definition) is 3. The van der Waals surface area contributed by atoms with E-state index in [1.807, 2.05) is 11.4 Å². The molecule has 1 amide bonds. The van der Waals surface area contributed by atoms with Gasteiger partial charge in [-0.1, -0.05) is 0 Å². The Hall–Kier alpha value is -1.95. The minimum atomic E-state index is -0.901. The number of rotatable bonds is 1. The Morgan fingerprint density at radius 1 is 1.30 bits per heavy atom. The highest BCUT2D eigenvalue weighted by atomic mass is 32.1. The minimum Gasteiger partial charge on any atom is -0.394 e. The number of benzene rings is 1. The maximum atomic E-state index is 13.4. The Balaban J connectivity index is 1.87. The minimum absolute atomic E-state index is 0.00659. The van der Waals surface area contributed by atoms with E-state index in [-0.39, 0.29) is 11.5 Å². The molecular weight excluding hydrogens is 282 g/mol. The van der Waals surface area contributed by atoms with Crippen LogP contribution in [0.25, 0.3) is 0 Å². The van der Waals surface area contributed by atoms with Gasteiger partial charge in [-0.15, -0.1) is 11.3 Å². The maximum absolute atomic E-state index is 13.4. The zero-order valence-corrected chi connectivity index (χ0v) is 11.3. The molecule has 0 atom stereocenters. The number of amides is 1. The van der Waals surface area contributed by atoms with Crippen molar-refractivity contribution in [3.63, 3.8) is 0 Å². The smallest absolute Gasteiger partial charge is 0.254 e. The number of thiophene rings is 1. The molecule has 0 saturated carbocycles. The number of anilines is 1. The lowest BCUT2D eigenvalue weighted by Gasteiger charge is -2.27. The molecule has 1 aliphatic rings. The number of nitrogens with zero attached hydrogens (tertiary/aromatic N) is 1. The fourth-order valence-electron chi connectivity index (χ4n) is 2.31. The van der Waals surface area contributed by atoms with Crippen molar-refractivity contribution in [2.45, 2.75) is 13.0 Å². The van der Waals surface area contributed by atoms with Gasteiger partial charge in [0.15, 0.2) is 0 Å². The number of hydrogen-bond donors (Lipinski definition) is 1. The van der Waals surface area contributed by atoms with Crippen LogP contribution in [-0.2, 0) is 13.0 Å². The lowest BCUT2D eigenvalue weighted by atomic mass is 10.1. The first-order valence-corrected chi connectivity index (χ1v) is 7.03. The van der Waals surface area contributed by atoms with E-state index in [1.165, 1.54) is 4.88 Å². The standard InChI is InChI=1S/C14H12F2N2OS/c15-10-5-9(6-11(16)13(10)17)14(19)18-3-1-12-8(7-18)2-4-20-12/h2,4-6H,1,3,7,17H2. The van der Waals surface area contributed by atoms with E-state index >= 15 is 0 Å². The summed E-state index contributed by atoms with van der Waals surface area (Å²) in [7, 11) is 0. The normalized spacial score (nSPS) is 14.2. The lowest BCUT2D eigenvalue weighted by molar-refractivity contribution is 0.0735. The Morgan fingerprint density at radius 3 is 2.70 bits per heavy atom. The van der Waals surface area contributed by atoms with Gasteiger partial charge in [0.05, 0.1) is 0 Å². The zero-order valence-electron chi connectivity index (χ0n) is 10.5. The molecule has 1 aromatic heterocycles. The molecule has 0 radical (unpaired) electrons. The lowest BCUT2D eigenvalue weighted by Crippen LogP contribution is -2.35. The summed E-state index contributed by atoms with van der Waals surface area (Å²) in [6.45, 7) is 1.03. The number of carbonyl (C=O) groups is 1. The Bertz CT molecular complexity index is 661. The van der Waals surface area contributed by atoms with Crippen LogP contribution in [0.1, 0.15) is 20.8 Å². The summed E-state index contributed by atoms with van der Waals surface area (Å²) in [4.78, 5) is 15.2. The third kappa shape index (κ3) is 2.16. The molecule has 1 aliphatic heterocycles. The first kappa shape index (κ1) is 13.1. The predicted molar refractivity (Wildman–Crippen MR) is 73.5 cm³/mol. The maximum Gasteiger partial charge on any atom is 0.254 e. The second-order valence-corrected chi connectivity index (χ2v) is 5.70. The second-order valence-electron chi connectivity index (χ2n) is 4.70. The summed E-state index contributed by atoms with van der Waals surface area (Å²) in [5.41, 5.74) is 5.75. The van der Waals surface area contributed by atoms with Crippen LogP contribution < -0.4 is 5.73 Å². The van der Waals surface area contributed by atoms with Crippen molar-refractivity contribution < 1.29 is 13.6 Å². The topological polar surface area (TPSA) is 46.3 Å². The largest absolute Gasteiger partial charge is 0.394 e. The van der Waals surface area contributed by atoms with Gasteiger partial charge in [0.25, 0.3) is 5.91 Å². The van der Waals surface area contributed by atoms with Gasteiger partial charge in [-0.25, -0.2) is 8.78 Å². The summed E-state index contributed by atoms with van der Waals surface area (Å²) in [5.74, 6) is -2.18. The van der Waals surface area contributed by atoms with Crippen molar-refractivity contribution in [1.29, 1.82) is 0 Å². The summed E-state index contributed by atoms with van der Waals surface area (Å²) < 4.78 is 26.8. The average Bonchev–Trinajstić information content (AvgIpc) is 2.90. The fourth-order valence-corrected chi connectivity index (χ4v) is 3.20. The molecular formula is C14H12F2N2OS. The molecule has 6 heteroatoms. The molecule has 3 nitrogen and oxygen atoms in total. The van der Waals surface area contributed by atoms with Gasteiger partial charge in [0.2, 0.25) is 0 Å². The van der Waals surface area contributed by atoms with Gasteiger partial charge in [-0.2, -0.15) is 0 Å². The number of nitrogen functional groups attached to an aromatic ring is 1. The predicted octanol–water partition coefficient (Wildman–Crippen LogP) is 2.81. The van der Waals surface area contributed by atoms with Crippen molar-refractivity contribution in [3.05, 3.63) is 51.2 Å². The SMILES string of the molecule is Nc1c(F)cc(C(=O)N2CCc3sccc3C2)cc1F. The van der Waals surface area contributed by atoms with E-state index in [1.54, 1.807) is 16.2 Å². The van der Waals surface area contributed by atoms with Crippen LogP contribution in [0.5, 0.6) is 0 Å². The van der Waals surface area contributed by atoms with E-state index in [9.17, 15) is 13.6 Å². The molecule has 0 saturated heterocycles. The van der Waals surface area contributed by atoms with Gasteiger partial charge in [-0.3, -0.25) is 4.79 Å². The van der Waals surface area contributed by atoms with Crippen LogP contribution in [0.15, 0.2) is 23.6 Å². The Morgan fingerprint density at radius 2 is 2.00 bits per heavy atom. The van der Waals surface area contributed by atoms with Crippen LogP contribution in [0.2, 0.25) is 0 Å². The number of halogens is 2. The van der Waals surface area contributed by atoms with Crippen molar-refractivity contribution in [1.82, 2.24) is 4.90 Å². The molecule has 20 heavy (non-hydrogen) atoms. The molecule has 0 fully saturated rings. The van der Waals surface area contributed by atoms with Crippen LogP contribution in [0, 0.1) is 11.6 Å². The van der Waals surface area contributed by atoms with Crippen LogP contribution in [-0.4, -0.2) is 17.4 Å². The first-order chi connectivity index (χ1) is 9.56. The van der Waals surface area contributed by atoms with E-state index in [2.05, 4.69) is 0 Å². The zero-order chi connectivity index (χ0) is 14.3. The highest BCUT2D eigenvalue weighted by Gasteiger charge is 2.23. The van der Waals surface area contributed by atoms with Crippen LogP contribution in [0.3, 0.4) is 0 Å². The number of carbonyl (C=O) groups excluding carboxylic acids is 1. The molecule has 2 heterocycles. The monoisotopic (exact) mass is 294 g/mol. The van der Waals surface area contributed by atoms with Gasteiger partial charge in [0.1, 0.15) is 17.3 Å². The molecule has 0 spiro atoms. The third-order valence-electron chi connectivity index (χ3n) is 3.42.